The largest absolute Gasteiger partial charge is 0.497 e. The fourth-order valence-electron chi connectivity index (χ4n) is 3.43. The molecule has 5 nitrogen and oxygen atoms in total. The lowest BCUT2D eigenvalue weighted by atomic mass is 9.97. The van der Waals surface area contributed by atoms with Crippen molar-refractivity contribution in [2.45, 2.75) is 32.2 Å². The minimum Gasteiger partial charge on any atom is -0.497 e. The van der Waals surface area contributed by atoms with E-state index in [-0.39, 0.29) is 17.9 Å². The number of carbonyl (C=O) groups is 2. The highest BCUT2D eigenvalue weighted by molar-refractivity contribution is 6.21. The Morgan fingerprint density at radius 2 is 1.77 bits per heavy atom. The lowest BCUT2D eigenvalue weighted by Crippen LogP contribution is -3.17. The molecule has 2 amide bonds. The molecule has 1 N–H and O–H groups in total. The standard InChI is InChI=1S/C17H22N2O3/c1-12-7-9-18(10-8-12)15-11-16(20)19(17(15)21)13-3-5-14(22-2)6-4-13/h3-6,12,15H,7-11H2,1-2H3/p+1. The normalized spacial score (nSPS) is 29.0. The zero-order valence-corrected chi connectivity index (χ0v) is 13.2. The Labute approximate surface area is 130 Å². The molecule has 2 saturated heterocycles. The van der Waals surface area contributed by atoms with Crippen molar-refractivity contribution in [2.24, 2.45) is 5.92 Å². The fourth-order valence-corrected chi connectivity index (χ4v) is 3.43. The quantitative estimate of drug-likeness (QED) is 0.834. The number of carbonyl (C=O) groups excluding carboxylic acids is 2. The molecule has 1 atom stereocenters. The van der Waals surface area contributed by atoms with Crippen LogP contribution in [0.25, 0.3) is 0 Å². The van der Waals surface area contributed by atoms with Crippen LogP contribution in [0, 0.1) is 5.92 Å². The van der Waals surface area contributed by atoms with Gasteiger partial charge in [-0.1, -0.05) is 6.92 Å². The molecule has 2 fully saturated rings. The van der Waals surface area contributed by atoms with Crippen LogP contribution in [0.2, 0.25) is 0 Å². The summed E-state index contributed by atoms with van der Waals surface area (Å²) in [5, 5.41) is 0. The van der Waals surface area contributed by atoms with Gasteiger partial charge in [-0.3, -0.25) is 9.59 Å². The van der Waals surface area contributed by atoms with Gasteiger partial charge < -0.3 is 9.64 Å². The van der Waals surface area contributed by atoms with Gasteiger partial charge in [-0.05, 0) is 43.0 Å². The molecule has 1 aromatic carbocycles. The van der Waals surface area contributed by atoms with Crippen molar-refractivity contribution in [1.29, 1.82) is 0 Å². The number of rotatable bonds is 3. The minimum atomic E-state index is -0.206. The Kier molecular flexibility index (Phi) is 4.16. The van der Waals surface area contributed by atoms with Crippen LogP contribution in [0.3, 0.4) is 0 Å². The third-order valence-electron chi connectivity index (χ3n) is 4.89. The van der Waals surface area contributed by atoms with Gasteiger partial charge in [0, 0.05) is 0 Å². The van der Waals surface area contributed by atoms with Crippen LogP contribution in [0.15, 0.2) is 24.3 Å². The average Bonchev–Trinajstić information content (AvgIpc) is 2.83. The van der Waals surface area contributed by atoms with Crippen LogP contribution < -0.4 is 14.5 Å². The van der Waals surface area contributed by atoms with Crippen molar-refractivity contribution >= 4 is 17.5 Å². The first-order valence-corrected chi connectivity index (χ1v) is 7.95. The second-order valence-corrected chi connectivity index (χ2v) is 6.36. The van der Waals surface area contributed by atoms with E-state index in [1.165, 1.54) is 9.80 Å². The number of amides is 2. The summed E-state index contributed by atoms with van der Waals surface area (Å²) in [5.74, 6) is 1.30. The van der Waals surface area contributed by atoms with Gasteiger partial charge in [-0.25, -0.2) is 4.90 Å². The number of nitrogens with zero attached hydrogens (tertiary/aromatic N) is 1. The molecule has 1 aromatic rings. The number of anilines is 1. The maximum Gasteiger partial charge on any atom is 0.292 e. The lowest BCUT2D eigenvalue weighted by molar-refractivity contribution is -0.920. The van der Waals surface area contributed by atoms with Gasteiger partial charge in [0.15, 0.2) is 6.04 Å². The molecule has 3 rings (SSSR count). The van der Waals surface area contributed by atoms with E-state index in [0.29, 0.717) is 12.1 Å². The summed E-state index contributed by atoms with van der Waals surface area (Å²) in [6.45, 7) is 4.23. The molecular weight excluding hydrogens is 280 g/mol. The molecule has 0 aromatic heterocycles. The van der Waals surface area contributed by atoms with Gasteiger partial charge in [0.2, 0.25) is 5.91 Å². The van der Waals surface area contributed by atoms with E-state index in [2.05, 4.69) is 6.92 Å². The average molecular weight is 303 g/mol. The second-order valence-electron chi connectivity index (χ2n) is 6.36. The Balaban J connectivity index is 1.76. The molecule has 0 aliphatic carbocycles. The van der Waals surface area contributed by atoms with Crippen molar-refractivity contribution in [3.8, 4) is 5.75 Å². The molecule has 0 saturated carbocycles. The molecule has 118 valence electrons. The Hall–Kier alpha value is -1.88. The monoisotopic (exact) mass is 303 g/mol. The molecule has 0 radical (unpaired) electrons. The van der Waals surface area contributed by atoms with Crippen LogP contribution >= 0.6 is 0 Å². The van der Waals surface area contributed by atoms with Crippen molar-refractivity contribution in [3.05, 3.63) is 24.3 Å². The zero-order valence-electron chi connectivity index (χ0n) is 13.2. The van der Waals surface area contributed by atoms with Gasteiger partial charge in [0.1, 0.15) is 5.75 Å². The molecule has 1 unspecified atom stereocenters. The number of hydrogen-bond donors (Lipinski definition) is 1. The molecule has 5 heteroatoms. The van der Waals surface area contributed by atoms with Crippen LogP contribution in [0.4, 0.5) is 5.69 Å². The number of piperidine rings is 1. The van der Waals surface area contributed by atoms with E-state index in [0.717, 1.165) is 37.6 Å². The number of quaternary nitrogens is 1. The number of imide groups is 1. The molecule has 0 spiro atoms. The molecule has 2 heterocycles. The number of likely N-dealkylation sites (tertiary alicyclic amines) is 1. The van der Waals surface area contributed by atoms with Crippen molar-refractivity contribution in [2.75, 3.05) is 25.1 Å². The highest BCUT2D eigenvalue weighted by Crippen LogP contribution is 2.24. The first-order chi connectivity index (χ1) is 10.6. The molecule has 2 aliphatic heterocycles. The second kappa shape index (κ2) is 6.08. The maximum atomic E-state index is 12.7. The number of hydrogen-bond acceptors (Lipinski definition) is 3. The smallest absolute Gasteiger partial charge is 0.292 e. The van der Waals surface area contributed by atoms with Gasteiger partial charge >= 0.3 is 0 Å². The van der Waals surface area contributed by atoms with E-state index >= 15 is 0 Å². The summed E-state index contributed by atoms with van der Waals surface area (Å²) < 4.78 is 5.12. The maximum absolute atomic E-state index is 12.7. The molecule has 0 bridgehead atoms. The number of nitrogens with one attached hydrogen (secondary N) is 1. The Morgan fingerprint density at radius 3 is 2.36 bits per heavy atom. The highest BCUT2D eigenvalue weighted by Gasteiger charge is 2.46. The zero-order chi connectivity index (χ0) is 15.7. The van der Waals surface area contributed by atoms with Gasteiger partial charge in [0.25, 0.3) is 5.91 Å². The van der Waals surface area contributed by atoms with Crippen LogP contribution in [0.5, 0.6) is 5.75 Å². The number of methoxy groups -OCH3 is 1. The van der Waals surface area contributed by atoms with Gasteiger partial charge in [-0.2, -0.15) is 0 Å². The lowest BCUT2D eigenvalue weighted by Gasteiger charge is -2.30. The Morgan fingerprint density at radius 1 is 1.14 bits per heavy atom. The number of benzene rings is 1. The van der Waals surface area contributed by atoms with Crippen molar-refractivity contribution in [3.63, 3.8) is 0 Å². The SMILES string of the molecule is COc1ccc(N2C(=O)CC([NH+]3CCC(C)CC3)C2=O)cc1. The molecule has 2 aliphatic rings. The van der Waals surface area contributed by atoms with E-state index in [1.807, 2.05) is 0 Å². The summed E-state index contributed by atoms with van der Waals surface area (Å²) in [7, 11) is 1.60. The third kappa shape index (κ3) is 2.73. The third-order valence-corrected chi connectivity index (χ3v) is 4.89. The summed E-state index contributed by atoms with van der Waals surface area (Å²) in [4.78, 5) is 27.6. The van der Waals surface area contributed by atoms with Crippen molar-refractivity contribution < 1.29 is 19.2 Å². The number of ether oxygens (including phenoxy) is 1. The van der Waals surface area contributed by atoms with Crippen LogP contribution in [-0.4, -0.2) is 38.1 Å². The van der Waals surface area contributed by atoms with Gasteiger partial charge in [-0.15, -0.1) is 0 Å². The fraction of sp³-hybridized carbons (Fsp3) is 0.529. The first kappa shape index (κ1) is 15.0. The summed E-state index contributed by atoms with van der Waals surface area (Å²) in [6, 6.07) is 6.88. The summed E-state index contributed by atoms with van der Waals surface area (Å²) in [5.41, 5.74) is 0.642. The highest BCUT2D eigenvalue weighted by atomic mass is 16.5. The minimum absolute atomic E-state index is 0.0558. The van der Waals surface area contributed by atoms with E-state index in [4.69, 9.17) is 4.74 Å². The molecular formula is C17H23N2O3+. The topological polar surface area (TPSA) is 51.0 Å². The van der Waals surface area contributed by atoms with Crippen LogP contribution in [-0.2, 0) is 9.59 Å². The first-order valence-electron chi connectivity index (χ1n) is 7.95. The van der Waals surface area contributed by atoms with E-state index in [9.17, 15) is 9.59 Å². The van der Waals surface area contributed by atoms with Gasteiger partial charge in [0.05, 0.1) is 32.3 Å². The summed E-state index contributed by atoms with van der Waals surface area (Å²) in [6.07, 6.45) is 2.60. The van der Waals surface area contributed by atoms with Crippen molar-refractivity contribution in [1.82, 2.24) is 0 Å². The predicted molar refractivity (Wildman–Crippen MR) is 83.0 cm³/mol. The summed E-state index contributed by atoms with van der Waals surface area (Å²) >= 11 is 0. The molecule has 22 heavy (non-hydrogen) atoms. The Bertz CT molecular complexity index is 562. The predicted octanol–water partition coefficient (Wildman–Crippen LogP) is 0.642. The van der Waals surface area contributed by atoms with Crippen LogP contribution in [0.1, 0.15) is 26.2 Å². The van der Waals surface area contributed by atoms with E-state index in [1.54, 1.807) is 31.4 Å². The van der Waals surface area contributed by atoms with E-state index < -0.39 is 0 Å².